The molecule has 0 fully saturated rings. The molecule has 11 heavy (non-hydrogen) atoms. The molecule has 0 atom stereocenters. The lowest BCUT2D eigenvalue weighted by Crippen LogP contribution is -2.16. The van der Waals surface area contributed by atoms with Crippen molar-refractivity contribution >= 4 is 0 Å². The molecule has 0 saturated heterocycles. The third-order valence-corrected chi connectivity index (χ3v) is 1.45. The molecule has 0 unspecified atom stereocenters. The summed E-state index contributed by atoms with van der Waals surface area (Å²) in [5.74, 6) is 0. The zero-order valence-corrected chi connectivity index (χ0v) is 7.89. The zero-order chi connectivity index (χ0) is 8.91. The summed E-state index contributed by atoms with van der Waals surface area (Å²) < 4.78 is 0. The SMILES string of the molecule is C/C=C(C)\C=C/CC(C)(C)O. The van der Waals surface area contributed by atoms with Gasteiger partial charge in [-0.2, -0.15) is 0 Å². The maximum absolute atomic E-state index is 9.33. The first-order chi connectivity index (χ1) is 4.95. The van der Waals surface area contributed by atoms with Gasteiger partial charge in [-0.3, -0.25) is 0 Å². The summed E-state index contributed by atoms with van der Waals surface area (Å²) in [4.78, 5) is 0. The largest absolute Gasteiger partial charge is 0.390 e. The highest BCUT2D eigenvalue weighted by molar-refractivity contribution is 5.14. The molecular weight excluding hydrogens is 136 g/mol. The van der Waals surface area contributed by atoms with Gasteiger partial charge >= 0.3 is 0 Å². The van der Waals surface area contributed by atoms with Crippen LogP contribution in [0.5, 0.6) is 0 Å². The van der Waals surface area contributed by atoms with Gasteiger partial charge in [0.15, 0.2) is 0 Å². The summed E-state index contributed by atoms with van der Waals surface area (Å²) in [5, 5.41) is 9.33. The van der Waals surface area contributed by atoms with Gasteiger partial charge in [-0.15, -0.1) is 0 Å². The Morgan fingerprint density at radius 3 is 2.36 bits per heavy atom. The fourth-order valence-electron chi connectivity index (χ4n) is 0.629. The van der Waals surface area contributed by atoms with E-state index in [4.69, 9.17) is 0 Å². The van der Waals surface area contributed by atoms with Gasteiger partial charge in [-0.25, -0.2) is 0 Å². The first kappa shape index (κ1) is 10.4. The van der Waals surface area contributed by atoms with Crippen LogP contribution in [0.2, 0.25) is 0 Å². The van der Waals surface area contributed by atoms with Gasteiger partial charge in [0.25, 0.3) is 0 Å². The maximum atomic E-state index is 9.33. The minimum absolute atomic E-state index is 0.579. The summed E-state index contributed by atoms with van der Waals surface area (Å²) in [6.45, 7) is 7.66. The summed E-state index contributed by atoms with van der Waals surface area (Å²) in [6.07, 6.45) is 6.77. The summed E-state index contributed by atoms with van der Waals surface area (Å²) in [6, 6.07) is 0. The molecule has 0 radical (unpaired) electrons. The molecule has 0 heterocycles. The second-order valence-electron chi connectivity index (χ2n) is 3.45. The molecule has 0 rings (SSSR count). The van der Waals surface area contributed by atoms with Crippen molar-refractivity contribution in [3.05, 3.63) is 23.8 Å². The van der Waals surface area contributed by atoms with Crippen molar-refractivity contribution in [2.45, 2.75) is 39.7 Å². The molecule has 1 heteroatoms. The molecule has 0 spiro atoms. The minimum Gasteiger partial charge on any atom is -0.390 e. The Balaban J connectivity index is 3.79. The van der Waals surface area contributed by atoms with Crippen molar-refractivity contribution in [3.8, 4) is 0 Å². The standard InChI is InChI=1S/C10H18O/c1-5-9(2)7-6-8-10(3,4)11/h5-7,11H,8H2,1-4H3/b7-6-,9-5-. The molecule has 64 valence electrons. The van der Waals surface area contributed by atoms with Gasteiger partial charge in [0.2, 0.25) is 0 Å². The van der Waals surface area contributed by atoms with Gasteiger partial charge < -0.3 is 5.11 Å². The Bertz CT molecular complexity index is 158. The molecule has 0 saturated carbocycles. The Morgan fingerprint density at radius 2 is 2.00 bits per heavy atom. The normalized spacial score (nSPS) is 14.5. The third kappa shape index (κ3) is 7.34. The van der Waals surface area contributed by atoms with E-state index in [1.54, 1.807) is 0 Å². The van der Waals surface area contributed by atoms with Gasteiger partial charge in [0.1, 0.15) is 0 Å². The van der Waals surface area contributed by atoms with Crippen LogP contribution in [0.3, 0.4) is 0 Å². The summed E-state index contributed by atoms with van der Waals surface area (Å²) in [7, 11) is 0. The lowest BCUT2D eigenvalue weighted by molar-refractivity contribution is 0.0839. The third-order valence-electron chi connectivity index (χ3n) is 1.45. The van der Waals surface area contributed by atoms with E-state index < -0.39 is 5.60 Å². The van der Waals surface area contributed by atoms with Crippen molar-refractivity contribution in [3.63, 3.8) is 0 Å². The predicted octanol–water partition coefficient (Wildman–Crippen LogP) is 2.67. The molecule has 0 aliphatic carbocycles. The number of rotatable bonds is 3. The van der Waals surface area contributed by atoms with E-state index in [0.717, 1.165) is 0 Å². The van der Waals surface area contributed by atoms with Crippen LogP contribution in [-0.4, -0.2) is 10.7 Å². The summed E-state index contributed by atoms with van der Waals surface area (Å²) >= 11 is 0. The van der Waals surface area contributed by atoms with Crippen molar-refractivity contribution < 1.29 is 5.11 Å². The Morgan fingerprint density at radius 1 is 1.45 bits per heavy atom. The average molecular weight is 154 g/mol. The van der Waals surface area contributed by atoms with Crippen molar-refractivity contribution in [1.82, 2.24) is 0 Å². The van der Waals surface area contributed by atoms with Gasteiger partial charge in [-0.05, 0) is 34.1 Å². The number of hydrogen-bond acceptors (Lipinski definition) is 1. The topological polar surface area (TPSA) is 20.2 Å². The number of aliphatic hydroxyl groups is 1. The Kier molecular flexibility index (Phi) is 4.12. The molecule has 1 N–H and O–H groups in total. The van der Waals surface area contributed by atoms with E-state index >= 15 is 0 Å². The lowest BCUT2D eigenvalue weighted by Gasteiger charge is -2.13. The average Bonchev–Trinajstić information content (AvgIpc) is 1.85. The van der Waals surface area contributed by atoms with Crippen LogP contribution in [0.25, 0.3) is 0 Å². The first-order valence-electron chi connectivity index (χ1n) is 3.97. The van der Waals surface area contributed by atoms with E-state index in [2.05, 4.69) is 0 Å². The quantitative estimate of drug-likeness (QED) is 0.620. The smallest absolute Gasteiger partial charge is 0.0626 e. The fraction of sp³-hybridized carbons (Fsp3) is 0.600. The van der Waals surface area contributed by atoms with E-state index in [9.17, 15) is 5.11 Å². The molecule has 0 aromatic heterocycles. The van der Waals surface area contributed by atoms with E-state index in [1.165, 1.54) is 5.57 Å². The van der Waals surface area contributed by atoms with Crippen LogP contribution in [0, 0.1) is 0 Å². The van der Waals surface area contributed by atoms with Crippen LogP contribution in [-0.2, 0) is 0 Å². The van der Waals surface area contributed by atoms with Crippen LogP contribution in [0.1, 0.15) is 34.1 Å². The lowest BCUT2D eigenvalue weighted by atomic mass is 10.1. The van der Waals surface area contributed by atoms with Gasteiger partial charge in [0, 0.05) is 0 Å². The van der Waals surface area contributed by atoms with Crippen molar-refractivity contribution in [2.75, 3.05) is 0 Å². The second-order valence-corrected chi connectivity index (χ2v) is 3.45. The number of hydrogen-bond donors (Lipinski definition) is 1. The van der Waals surface area contributed by atoms with Crippen LogP contribution in [0.4, 0.5) is 0 Å². The van der Waals surface area contributed by atoms with E-state index in [1.807, 2.05) is 45.9 Å². The molecule has 0 amide bonds. The highest BCUT2D eigenvalue weighted by Gasteiger charge is 2.08. The highest BCUT2D eigenvalue weighted by Crippen LogP contribution is 2.08. The second kappa shape index (κ2) is 4.35. The summed E-state index contributed by atoms with van der Waals surface area (Å²) in [5.41, 5.74) is 0.652. The molecule has 0 bridgehead atoms. The van der Waals surface area contributed by atoms with Crippen LogP contribution >= 0.6 is 0 Å². The Hall–Kier alpha value is -0.560. The van der Waals surface area contributed by atoms with Crippen molar-refractivity contribution in [2.24, 2.45) is 0 Å². The van der Waals surface area contributed by atoms with Gasteiger partial charge in [-0.1, -0.05) is 23.8 Å². The Labute approximate surface area is 69.4 Å². The molecular formula is C10H18O. The minimum atomic E-state index is -0.579. The highest BCUT2D eigenvalue weighted by atomic mass is 16.3. The predicted molar refractivity (Wildman–Crippen MR) is 49.5 cm³/mol. The molecule has 0 aliphatic heterocycles. The van der Waals surface area contributed by atoms with Crippen LogP contribution in [0.15, 0.2) is 23.8 Å². The zero-order valence-electron chi connectivity index (χ0n) is 7.89. The van der Waals surface area contributed by atoms with Gasteiger partial charge in [0.05, 0.1) is 5.60 Å². The number of allylic oxidation sites excluding steroid dienone is 3. The van der Waals surface area contributed by atoms with E-state index in [-0.39, 0.29) is 0 Å². The fourth-order valence-corrected chi connectivity index (χ4v) is 0.629. The monoisotopic (exact) mass is 154 g/mol. The molecule has 0 aliphatic rings. The molecule has 0 aromatic carbocycles. The van der Waals surface area contributed by atoms with Crippen molar-refractivity contribution in [1.29, 1.82) is 0 Å². The van der Waals surface area contributed by atoms with E-state index in [0.29, 0.717) is 6.42 Å². The first-order valence-corrected chi connectivity index (χ1v) is 3.97. The molecule has 1 nitrogen and oxygen atoms in total. The van der Waals surface area contributed by atoms with Crippen LogP contribution < -0.4 is 0 Å². The maximum Gasteiger partial charge on any atom is 0.0626 e. The molecule has 0 aromatic rings.